The number of para-hydroxylation sites is 2. The van der Waals surface area contributed by atoms with Crippen LogP contribution in [0.15, 0.2) is 52.2 Å². The van der Waals surface area contributed by atoms with Gasteiger partial charge in [0.05, 0.1) is 30.4 Å². The number of rotatable bonds is 8. The number of hydrogen-bond acceptors (Lipinski definition) is 5. The third-order valence-corrected chi connectivity index (χ3v) is 4.30. The third kappa shape index (κ3) is 5.07. The Labute approximate surface area is 157 Å². The van der Waals surface area contributed by atoms with E-state index >= 15 is 0 Å². The van der Waals surface area contributed by atoms with Gasteiger partial charge in [0.15, 0.2) is 5.16 Å². The van der Waals surface area contributed by atoms with Crippen LogP contribution in [0.4, 0.5) is 8.78 Å². The number of carbonyl (C=O) groups is 2. The summed E-state index contributed by atoms with van der Waals surface area (Å²) >= 11 is 0.273. The quantitative estimate of drug-likeness (QED) is 0.573. The summed E-state index contributed by atoms with van der Waals surface area (Å²) in [6, 6.07) is 10.3. The molecule has 0 fully saturated rings. The molecular formula is C17H16F2N4O3S. The summed E-state index contributed by atoms with van der Waals surface area (Å²) in [5.41, 5.74) is 1.09. The first kappa shape index (κ1) is 18.9. The molecule has 2 N–H and O–H groups in total. The largest absolute Gasteiger partial charge is 0.467 e. The summed E-state index contributed by atoms with van der Waals surface area (Å²) in [6.45, 7) is -0.242. The topological polar surface area (TPSA) is 89.2 Å². The minimum atomic E-state index is -2.66. The number of nitrogens with one attached hydrogen (secondary N) is 2. The first-order chi connectivity index (χ1) is 13.0. The van der Waals surface area contributed by atoms with Gasteiger partial charge in [0.1, 0.15) is 12.3 Å². The van der Waals surface area contributed by atoms with Gasteiger partial charge in [0, 0.05) is 0 Å². The Morgan fingerprint density at radius 1 is 1.15 bits per heavy atom. The van der Waals surface area contributed by atoms with Crippen LogP contribution in [0.2, 0.25) is 0 Å². The first-order valence-electron chi connectivity index (χ1n) is 7.99. The second-order valence-corrected chi connectivity index (χ2v) is 6.44. The van der Waals surface area contributed by atoms with Gasteiger partial charge in [0.25, 0.3) is 5.76 Å². The van der Waals surface area contributed by atoms with E-state index in [-0.39, 0.29) is 36.6 Å². The maximum atomic E-state index is 12.8. The second-order valence-electron chi connectivity index (χ2n) is 5.48. The van der Waals surface area contributed by atoms with E-state index in [1.807, 2.05) is 0 Å². The van der Waals surface area contributed by atoms with Crippen LogP contribution in [0.1, 0.15) is 5.76 Å². The normalized spacial score (nSPS) is 11.1. The van der Waals surface area contributed by atoms with Gasteiger partial charge in [-0.25, -0.2) is 4.98 Å². The minimum absolute atomic E-state index is 0.0450. The Hall–Kier alpha value is -2.88. The summed E-state index contributed by atoms with van der Waals surface area (Å²) < 4.78 is 32.0. The van der Waals surface area contributed by atoms with Crippen molar-refractivity contribution < 1.29 is 22.8 Å². The Morgan fingerprint density at radius 3 is 2.70 bits per heavy atom. The highest BCUT2D eigenvalue weighted by atomic mass is 32.2. The lowest BCUT2D eigenvalue weighted by Crippen LogP contribution is -2.38. The van der Waals surface area contributed by atoms with Crippen LogP contribution in [0, 0.1) is 0 Å². The van der Waals surface area contributed by atoms with Crippen LogP contribution in [0.5, 0.6) is 0 Å². The van der Waals surface area contributed by atoms with Crippen LogP contribution in [0.3, 0.4) is 0 Å². The Bertz CT molecular complexity index is 928. The molecule has 10 heteroatoms. The van der Waals surface area contributed by atoms with Gasteiger partial charge >= 0.3 is 0 Å². The van der Waals surface area contributed by atoms with E-state index in [1.54, 1.807) is 36.4 Å². The van der Waals surface area contributed by atoms with Crippen LogP contribution in [-0.2, 0) is 22.7 Å². The second kappa shape index (κ2) is 8.67. The van der Waals surface area contributed by atoms with Crippen LogP contribution in [-0.4, -0.2) is 33.7 Å². The number of carbonyl (C=O) groups excluding carboxylic acids is 2. The maximum Gasteiger partial charge on any atom is 0.291 e. The molecule has 3 aromatic rings. The molecule has 142 valence electrons. The highest BCUT2D eigenvalue weighted by molar-refractivity contribution is 7.99. The van der Waals surface area contributed by atoms with Gasteiger partial charge in [-0.2, -0.15) is 8.78 Å². The molecule has 0 saturated heterocycles. The van der Waals surface area contributed by atoms with Gasteiger partial charge in [-0.15, -0.1) is 0 Å². The Morgan fingerprint density at radius 2 is 1.96 bits per heavy atom. The zero-order valence-electron chi connectivity index (χ0n) is 14.0. The fourth-order valence-corrected chi connectivity index (χ4v) is 3.02. The monoisotopic (exact) mass is 394 g/mol. The average molecular weight is 394 g/mol. The number of imidazole rings is 1. The SMILES string of the molecule is O=C(CNC(=O)Cn1c(SC(F)F)nc2ccccc21)NCc1ccco1. The van der Waals surface area contributed by atoms with Gasteiger partial charge in [-0.1, -0.05) is 12.1 Å². The molecule has 0 aliphatic rings. The fourth-order valence-electron chi connectivity index (χ4n) is 2.42. The predicted octanol–water partition coefficient (Wildman–Crippen LogP) is 2.38. The fraction of sp³-hybridized carbons (Fsp3) is 0.235. The summed E-state index contributed by atoms with van der Waals surface area (Å²) in [6.07, 6.45) is 1.49. The molecule has 2 aromatic heterocycles. The number of benzene rings is 1. The van der Waals surface area contributed by atoms with E-state index in [0.717, 1.165) is 0 Å². The van der Waals surface area contributed by atoms with Crippen molar-refractivity contribution in [2.75, 3.05) is 6.54 Å². The van der Waals surface area contributed by atoms with Crippen molar-refractivity contribution in [1.29, 1.82) is 0 Å². The van der Waals surface area contributed by atoms with Gasteiger partial charge in [0.2, 0.25) is 11.8 Å². The zero-order valence-corrected chi connectivity index (χ0v) is 14.8. The van der Waals surface area contributed by atoms with E-state index < -0.39 is 17.6 Å². The summed E-state index contributed by atoms with van der Waals surface area (Å²) in [7, 11) is 0. The highest BCUT2D eigenvalue weighted by Crippen LogP contribution is 2.28. The van der Waals surface area contributed by atoms with Crippen molar-refractivity contribution in [2.45, 2.75) is 24.0 Å². The van der Waals surface area contributed by atoms with Gasteiger partial charge < -0.3 is 19.6 Å². The maximum absolute atomic E-state index is 12.8. The molecule has 0 atom stereocenters. The van der Waals surface area contributed by atoms with Gasteiger partial charge in [-0.3, -0.25) is 9.59 Å². The Kier molecular flexibility index (Phi) is 6.07. The molecule has 0 spiro atoms. The molecule has 2 amide bonds. The number of amides is 2. The van der Waals surface area contributed by atoms with Crippen molar-refractivity contribution in [3.8, 4) is 0 Å². The summed E-state index contributed by atoms with van der Waals surface area (Å²) in [4.78, 5) is 28.1. The molecule has 0 unspecified atom stereocenters. The van der Waals surface area contributed by atoms with E-state index in [2.05, 4.69) is 15.6 Å². The van der Waals surface area contributed by atoms with Crippen LogP contribution >= 0.6 is 11.8 Å². The molecule has 27 heavy (non-hydrogen) atoms. The number of thioether (sulfide) groups is 1. The standard InChI is InChI=1S/C17H16F2N4O3S/c18-16(19)27-17-22-12-5-1-2-6-13(12)23(17)10-15(25)21-9-14(24)20-8-11-4-3-7-26-11/h1-7,16H,8-10H2,(H,20,24)(H,21,25). The molecule has 1 aromatic carbocycles. The summed E-state index contributed by atoms with van der Waals surface area (Å²) in [5.74, 6) is -2.94. The number of halogens is 2. The van der Waals surface area contributed by atoms with E-state index in [9.17, 15) is 18.4 Å². The highest BCUT2D eigenvalue weighted by Gasteiger charge is 2.18. The number of aromatic nitrogens is 2. The number of nitrogens with zero attached hydrogens (tertiary/aromatic N) is 2. The molecule has 2 heterocycles. The molecule has 0 aliphatic carbocycles. The van der Waals surface area contributed by atoms with Crippen molar-refractivity contribution in [1.82, 2.24) is 20.2 Å². The van der Waals surface area contributed by atoms with Crippen molar-refractivity contribution >= 4 is 34.6 Å². The smallest absolute Gasteiger partial charge is 0.291 e. The number of alkyl halides is 2. The zero-order chi connectivity index (χ0) is 19.2. The first-order valence-corrected chi connectivity index (χ1v) is 8.87. The molecular weight excluding hydrogens is 378 g/mol. The van der Waals surface area contributed by atoms with Crippen molar-refractivity contribution in [2.24, 2.45) is 0 Å². The lowest BCUT2D eigenvalue weighted by molar-refractivity contribution is -0.126. The third-order valence-electron chi connectivity index (χ3n) is 3.60. The lowest BCUT2D eigenvalue weighted by Gasteiger charge is -2.09. The van der Waals surface area contributed by atoms with Crippen LogP contribution in [0.25, 0.3) is 11.0 Å². The molecule has 0 radical (unpaired) electrons. The lowest BCUT2D eigenvalue weighted by atomic mass is 10.3. The van der Waals surface area contributed by atoms with E-state index in [4.69, 9.17) is 4.42 Å². The molecule has 0 saturated carbocycles. The molecule has 0 bridgehead atoms. The predicted molar refractivity (Wildman–Crippen MR) is 95.2 cm³/mol. The molecule has 3 rings (SSSR count). The van der Waals surface area contributed by atoms with E-state index in [1.165, 1.54) is 10.8 Å². The van der Waals surface area contributed by atoms with Crippen molar-refractivity contribution in [3.05, 3.63) is 48.4 Å². The molecule has 7 nitrogen and oxygen atoms in total. The average Bonchev–Trinajstić information content (AvgIpc) is 3.26. The minimum Gasteiger partial charge on any atom is -0.467 e. The number of fused-ring (bicyclic) bond motifs is 1. The number of hydrogen-bond donors (Lipinski definition) is 2. The summed E-state index contributed by atoms with van der Waals surface area (Å²) in [5, 5.41) is 5.11. The van der Waals surface area contributed by atoms with Crippen molar-refractivity contribution in [3.63, 3.8) is 0 Å². The number of furan rings is 1. The van der Waals surface area contributed by atoms with E-state index in [0.29, 0.717) is 16.8 Å². The van der Waals surface area contributed by atoms with Crippen LogP contribution < -0.4 is 10.6 Å². The van der Waals surface area contributed by atoms with Gasteiger partial charge in [-0.05, 0) is 36.0 Å². The molecule has 0 aliphatic heterocycles. The Balaban J connectivity index is 1.59.